The molecule has 0 unspecified atom stereocenters. The molecule has 3 rings (SSSR count). The Balaban J connectivity index is 1.52. The van der Waals surface area contributed by atoms with Gasteiger partial charge in [-0.15, -0.1) is 0 Å². The minimum atomic E-state index is -0.159. The molecular formula is C19H24N4O. The molecule has 0 radical (unpaired) electrons. The molecule has 5 heteroatoms. The third-order valence-corrected chi connectivity index (χ3v) is 4.42. The van der Waals surface area contributed by atoms with Gasteiger partial charge in [0, 0.05) is 25.0 Å². The third kappa shape index (κ3) is 4.78. The van der Waals surface area contributed by atoms with E-state index in [0.29, 0.717) is 18.3 Å². The van der Waals surface area contributed by atoms with Crippen molar-refractivity contribution in [1.82, 2.24) is 15.3 Å². The Hall–Kier alpha value is -2.43. The van der Waals surface area contributed by atoms with Crippen molar-refractivity contribution in [2.24, 2.45) is 0 Å². The van der Waals surface area contributed by atoms with Crippen LogP contribution in [0.2, 0.25) is 0 Å². The third-order valence-electron chi connectivity index (χ3n) is 4.42. The summed E-state index contributed by atoms with van der Waals surface area (Å²) >= 11 is 0. The maximum Gasteiger partial charge on any atom is 0.270 e. The first-order valence-corrected chi connectivity index (χ1v) is 8.71. The van der Waals surface area contributed by atoms with Crippen LogP contribution in [0.15, 0.2) is 42.9 Å². The van der Waals surface area contributed by atoms with Crippen molar-refractivity contribution in [3.63, 3.8) is 0 Å². The van der Waals surface area contributed by atoms with E-state index in [4.69, 9.17) is 0 Å². The van der Waals surface area contributed by atoms with Crippen molar-refractivity contribution in [2.45, 2.75) is 51.1 Å². The summed E-state index contributed by atoms with van der Waals surface area (Å²) in [6.45, 7) is 0.477. The number of hydrogen-bond acceptors (Lipinski definition) is 4. The predicted octanol–water partition coefficient (Wildman–Crippen LogP) is 3.54. The molecule has 1 amide bonds. The summed E-state index contributed by atoms with van der Waals surface area (Å²) < 4.78 is 0. The molecule has 2 aromatic rings. The lowest BCUT2D eigenvalue weighted by Crippen LogP contribution is -2.24. The van der Waals surface area contributed by atoms with Crippen LogP contribution in [0.4, 0.5) is 5.69 Å². The molecule has 2 heterocycles. The predicted molar refractivity (Wildman–Crippen MR) is 94.8 cm³/mol. The van der Waals surface area contributed by atoms with E-state index < -0.39 is 0 Å². The highest BCUT2D eigenvalue weighted by Crippen LogP contribution is 2.20. The van der Waals surface area contributed by atoms with Crippen LogP contribution in [0, 0.1) is 0 Å². The fourth-order valence-electron chi connectivity index (χ4n) is 3.05. The number of nitrogens with zero attached hydrogens (tertiary/aromatic N) is 2. The van der Waals surface area contributed by atoms with E-state index in [1.807, 2.05) is 18.2 Å². The average Bonchev–Trinajstić information content (AvgIpc) is 2.90. The highest BCUT2D eigenvalue weighted by Gasteiger charge is 2.12. The van der Waals surface area contributed by atoms with Crippen molar-refractivity contribution in [2.75, 3.05) is 5.32 Å². The Morgan fingerprint density at radius 3 is 2.46 bits per heavy atom. The van der Waals surface area contributed by atoms with Crippen LogP contribution in [0.3, 0.4) is 0 Å². The molecule has 0 aromatic carbocycles. The summed E-state index contributed by atoms with van der Waals surface area (Å²) in [4.78, 5) is 20.4. The average molecular weight is 324 g/mol. The fourth-order valence-corrected chi connectivity index (χ4v) is 3.05. The summed E-state index contributed by atoms with van der Waals surface area (Å²) in [6.07, 6.45) is 12.9. The Morgan fingerprint density at radius 1 is 1.04 bits per heavy atom. The number of rotatable bonds is 5. The fraction of sp³-hybridized carbons (Fsp3) is 0.421. The molecular weight excluding hydrogens is 300 g/mol. The molecule has 0 atom stereocenters. The Morgan fingerprint density at radius 2 is 1.79 bits per heavy atom. The molecule has 2 N–H and O–H groups in total. The van der Waals surface area contributed by atoms with Crippen LogP contribution in [0.25, 0.3) is 0 Å². The lowest BCUT2D eigenvalue weighted by atomic mass is 10.1. The van der Waals surface area contributed by atoms with E-state index in [1.54, 1.807) is 24.7 Å². The first-order valence-electron chi connectivity index (χ1n) is 8.71. The van der Waals surface area contributed by atoms with Crippen molar-refractivity contribution in [3.8, 4) is 0 Å². The molecule has 0 aliphatic heterocycles. The first-order chi connectivity index (χ1) is 11.8. The van der Waals surface area contributed by atoms with Gasteiger partial charge >= 0.3 is 0 Å². The van der Waals surface area contributed by atoms with Crippen molar-refractivity contribution >= 4 is 11.6 Å². The highest BCUT2D eigenvalue weighted by molar-refractivity contribution is 5.92. The number of anilines is 1. The molecule has 0 saturated heterocycles. The number of pyridine rings is 2. The number of aromatic nitrogens is 2. The molecule has 0 bridgehead atoms. The van der Waals surface area contributed by atoms with Gasteiger partial charge in [0.1, 0.15) is 5.69 Å². The lowest BCUT2D eigenvalue weighted by Gasteiger charge is -2.17. The topological polar surface area (TPSA) is 66.9 Å². The molecule has 126 valence electrons. The number of carbonyl (C=O) groups excluding carboxylic acids is 1. The molecule has 1 fully saturated rings. The van der Waals surface area contributed by atoms with E-state index in [0.717, 1.165) is 11.3 Å². The highest BCUT2D eigenvalue weighted by atomic mass is 16.1. The maximum absolute atomic E-state index is 12.2. The second-order valence-electron chi connectivity index (χ2n) is 6.30. The van der Waals surface area contributed by atoms with E-state index >= 15 is 0 Å². The largest absolute Gasteiger partial charge is 0.381 e. The lowest BCUT2D eigenvalue weighted by molar-refractivity contribution is 0.0946. The zero-order valence-electron chi connectivity index (χ0n) is 13.9. The number of amides is 1. The minimum Gasteiger partial charge on any atom is -0.381 e. The van der Waals surface area contributed by atoms with Crippen LogP contribution in [-0.4, -0.2) is 21.9 Å². The van der Waals surface area contributed by atoms with Crippen LogP contribution < -0.4 is 10.6 Å². The van der Waals surface area contributed by atoms with Gasteiger partial charge in [0.15, 0.2) is 0 Å². The number of nitrogens with one attached hydrogen (secondary N) is 2. The molecule has 1 saturated carbocycles. The van der Waals surface area contributed by atoms with Gasteiger partial charge in [0.05, 0.1) is 11.9 Å². The van der Waals surface area contributed by atoms with Gasteiger partial charge in [0.2, 0.25) is 0 Å². The van der Waals surface area contributed by atoms with Gasteiger partial charge in [-0.25, -0.2) is 4.98 Å². The molecule has 24 heavy (non-hydrogen) atoms. The zero-order chi connectivity index (χ0) is 16.6. The molecule has 1 aliphatic rings. The van der Waals surface area contributed by atoms with Gasteiger partial charge in [-0.2, -0.15) is 0 Å². The Bertz CT molecular complexity index is 634. The van der Waals surface area contributed by atoms with Crippen LogP contribution in [0.1, 0.15) is 54.6 Å². The summed E-state index contributed by atoms with van der Waals surface area (Å²) in [5, 5.41) is 6.42. The van der Waals surface area contributed by atoms with E-state index in [-0.39, 0.29) is 5.91 Å². The smallest absolute Gasteiger partial charge is 0.270 e. The van der Waals surface area contributed by atoms with Crippen molar-refractivity contribution < 1.29 is 4.79 Å². The normalized spacial score (nSPS) is 15.5. The van der Waals surface area contributed by atoms with Crippen molar-refractivity contribution in [1.29, 1.82) is 0 Å². The molecule has 1 aliphatic carbocycles. The second-order valence-corrected chi connectivity index (χ2v) is 6.30. The standard InChI is InChI=1S/C19H24N4O/c24-19(22-13-15-9-11-20-12-10-15)18-8-7-17(14-21-18)23-16-5-3-1-2-4-6-16/h7-12,14,16,23H,1-6,13H2,(H,22,24). The zero-order valence-corrected chi connectivity index (χ0v) is 13.9. The van der Waals surface area contributed by atoms with Crippen LogP contribution in [0.5, 0.6) is 0 Å². The maximum atomic E-state index is 12.2. The van der Waals surface area contributed by atoms with E-state index in [9.17, 15) is 4.79 Å². The first kappa shape index (κ1) is 16.4. The van der Waals surface area contributed by atoms with Crippen molar-refractivity contribution in [3.05, 3.63) is 54.1 Å². The summed E-state index contributed by atoms with van der Waals surface area (Å²) in [7, 11) is 0. The van der Waals surface area contributed by atoms with E-state index in [2.05, 4.69) is 20.6 Å². The van der Waals surface area contributed by atoms with Gasteiger partial charge in [-0.05, 0) is 42.7 Å². The summed E-state index contributed by atoms with van der Waals surface area (Å²) in [5.41, 5.74) is 2.45. The minimum absolute atomic E-state index is 0.159. The molecule has 2 aromatic heterocycles. The second kappa shape index (κ2) is 8.43. The molecule has 0 spiro atoms. The van der Waals surface area contributed by atoms with E-state index in [1.165, 1.54) is 38.5 Å². The van der Waals surface area contributed by atoms with Gasteiger partial charge in [-0.3, -0.25) is 9.78 Å². The Kier molecular flexibility index (Phi) is 5.77. The number of carbonyl (C=O) groups is 1. The van der Waals surface area contributed by atoms with Gasteiger partial charge < -0.3 is 10.6 Å². The quantitative estimate of drug-likeness (QED) is 0.826. The molecule has 5 nitrogen and oxygen atoms in total. The van der Waals surface area contributed by atoms with Crippen LogP contribution >= 0.6 is 0 Å². The monoisotopic (exact) mass is 324 g/mol. The SMILES string of the molecule is O=C(NCc1ccncc1)c1ccc(NC2CCCCCC2)cn1. The van der Waals surface area contributed by atoms with Crippen LogP contribution in [-0.2, 0) is 6.54 Å². The van der Waals surface area contributed by atoms with Gasteiger partial charge in [-0.1, -0.05) is 25.7 Å². The van der Waals surface area contributed by atoms with Gasteiger partial charge in [0.25, 0.3) is 5.91 Å². The Labute approximate surface area is 142 Å². The number of hydrogen-bond donors (Lipinski definition) is 2. The summed E-state index contributed by atoms with van der Waals surface area (Å²) in [6, 6.07) is 8.02. The summed E-state index contributed by atoms with van der Waals surface area (Å²) in [5.74, 6) is -0.159.